The van der Waals surface area contributed by atoms with Crippen molar-refractivity contribution in [3.8, 4) is 0 Å². The van der Waals surface area contributed by atoms with Crippen LogP contribution in [0.5, 0.6) is 0 Å². The zero-order chi connectivity index (χ0) is 17.2. The van der Waals surface area contributed by atoms with E-state index in [0.29, 0.717) is 5.92 Å². The maximum atomic E-state index is 12.3. The molecule has 1 amide bonds. The monoisotopic (exact) mass is 328 g/mol. The molecule has 3 heteroatoms. The molecule has 3 nitrogen and oxygen atoms in total. The van der Waals surface area contributed by atoms with Crippen LogP contribution in [0.3, 0.4) is 0 Å². The summed E-state index contributed by atoms with van der Waals surface area (Å²) in [5.41, 5.74) is 5.81. The fraction of sp³-hybridized carbons (Fsp3) is 0.182. The van der Waals surface area contributed by atoms with Gasteiger partial charge in [-0.05, 0) is 47.2 Å². The molecule has 1 aliphatic carbocycles. The number of nitrogens with one attached hydrogen (secondary N) is 1. The van der Waals surface area contributed by atoms with E-state index in [-0.39, 0.29) is 11.8 Å². The molecule has 0 aliphatic heterocycles. The lowest BCUT2D eigenvalue weighted by atomic mass is 10.0. The second-order valence-electron chi connectivity index (χ2n) is 6.59. The van der Waals surface area contributed by atoms with Crippen LogP contribution in [0.4, 0.5) is 0 Å². The second-order valence-corrected chi connectivity index (χ2v) is 6.59. The van der Waals surface area contributed by atoms with Crippen molar-refractivity contribution < 1.29 is 4.79 Å². The van der Waals surface area contributed by atoms with E-state index in [0.717, 1.165) is 17.7 Å². The maximum absolute atomic E-state index is 12.3. The van der Waals surface area contributed by atoms with E-state index in [1.165, 1.54) is 16.3 Å². The Kier molecular flexibility index (Phi) is 4.06. The van der Waals surface area contributed by atoms with Crippen molar-refractivity contribution in [2.24, 2.45) is 11.0 Å². The summed E-state index contributed by atoms with van der Waals surface area (Å²) in [4.78, 5) is 12.3. The molecule has 1 saturated carbocycles. The number of rotatable bonds is 4. The number of fused-ring (bicyclic) bond motifs is 1. The molecule has 124 valence electrons. The first-order chi connectivity index (χ1) is 12.2. The first-order valence-corrected chi connectivity index (χ1v) is 8.60. The summed E-state index contributed by atoms with van der Waals surface area (Å²) < 4.78 is 0. The molecule has 25 heavy (non-hydrogen) atoms. The first kappa shape index (κ1) is 15.6. The Morgan fingerprint density at radius 2 is 1.68 bits per heavy atom. The van der Waals surface area contributed by atoms with Crippen LogP contribution in [0, 0.1) is 5.92 Å². The van der Waals surface area contributed by atoms with Gasteiger partial charge in [0, 0.05) is 5.92 Å². The van der Waals surface area contributed by atoms with Crippen molar-refractivity contribution >= 4 is 22.4 Å². The topological polar surface area (TPSA) is 41.5 Å². The summed E-state index contributed by atoms with van der Waals surface area (Å²) in [7, 11) is 0. The van der Waals surface area contributed by atoms with Gasteiger partial charge in [0.15, 0.2) is 0 Å². The smallest absolute Gasteiger partial charge is 0.243 e. The van der Waals surface area contributed by atoms with E-state index in [1.807, 2.05) is 43.3 Å². The number of carbonyl (C=O) groups excluding carboxylic acids is 1. The van der Waals surface area contributed by atoms with Gasteiger partial charge in [-0.2, -0.15) is 5.10 Å². The van der Waals surface area contributed by atoms with Crippen molar-refractivity contribution in [3.63, 3.8) is 0 Å². The van der Waals surface area contributed by atoms with Crippen molar-refractivity contribution in [1.29, 1.82) is 0 Å². The Labute approximate surface area is 147 Å². The van der Waals surface area contributed by atoms with Crippen molar-refractivity contribution in [3.05, 3.63) is 83.9 Å². The largest absolute Gasteiger partial charge is 0.273 e. The molecule has 0 aromatic heterocycles. The summed E-state index contributed by atoms with van der Waals surface area (Å²) >= 11 is 0. The van der Waals surface area contributed by atoms with Crippen LogP contribution < -0.4 is 5.43 Å². The third-order valence-corrected chi connectivity index (χ3v) is 4.86. The highest BCUT2D eigenvalue weighted by Gasteiger charge is 2.43. The molecule has 1 N–H and O–H groups in total. The fourth-order valence-electron chi connectivity index (χ4n) is 3.25. The number of nitrogens with zero attached hydrogens (tertiary/aromatic N) is 1. The van der Waals surface area contributed by atoms with Crippen LogP contribution in [-0.2, 0) is 4.79 Å². The van der Waals surface area contributed by atoms with E-state index >= 15 is 0 Å². The minimum Gasteiger partial charge on any atom is -0.273 e. The van der Waals surface area contributed by atoms with Gasteiger partial charge < -0.3 is 0 Å². The lowest BCUT2D eigenvalue weighted by Gasteiger charge is -2.05. The predicted molar refractivity (Wildman–Crippen MR) is 102 cm³/mol. The molecule has 0 saturated heterocycles. The summed E-state index contributed by atoms with van der Waals surface area (Å²) in [5.74, 6) is 0.377. The third-order valence-electron chi connectivity index (χ3n) is 4.86. The van der Waals surface area contributed by atoms with Gasteiger partial charge in [-0.15, -0.1) is 0 Å². The average Bonchev–Trinajstić information content (AvgIpc) is 3.47. The van der Waals surface area contributed by atoms with Gasteiger partial charge in [0.05, 0.1) is 5.71 Å². The predicted octanol–water partition coefficient (Wildman–Crippen LogP) is 4.48. The average molecular weight is 328 g/mol. The Balaban J connectivity index is 1.43. The minimum absolute atomic E-state index is 0.00833. The van der Waals surface area contributed by atoms with Crippen molar-refractivity contribution in [2.45, 2.75) is 19.3 Å². The van der Waals surface area contributed by atoms with Crippen molar-refractivity contribution in [1.82, 2.24) is 5.43 Å². The summed E-state index contributed by atoms with van der Waals surface area (Å²) in [6, 6.07) is 24.7. The molecular weight excluding hydrogens is 308 g/mol. The molecule has 0 spiro atoms. The normalized spacial score (nSPS) is 19.6. The van der Waals surface area contributed by atoms with Gasteiger partial charge in [-0.25, -0.2) is 5.43 Å². The van der Waals surface area contributed by atoms with Crippen LogP contribution in [0.15, 0.2) is 77.9 Å². The van der Waals surface area contributed by atoms with Gasteiger partial charge in [-0.3, -0.25) is 4.79 Å². The molecule has 1 aliphatic rings. The molecule has 4 rings (SSSR count). The van der Waals surface area contributed by atoms with Gasteiger partial charge in [-0.1, -0.05) is 66.7 Å². The van der Waals surface area contributed by atoms with Crippen LogP contribution in [0.2, 0.25) is 0 Å². The molecule has 3 aromatic rings. The highest BCUT2D eigenvalue weighted by molar-refractivity contribution is 6.02. The van der Waals surface area contributed by atoms with E-state index in [1.54, 1.807) is 0 Å². The Bertz CT molecular complexity index is 946. The van der Waals surface area contributed by atoms with E-state index in [4.69, 9.17) is 0 Å². The van der Waals surface area contributed by atoms with Crippen LogP contribution >= 0.6 is 0 Å². The zero-order valence-corrected chi connectivity index (χ0v) is 14.1. The van der Waals surface area contributed by atoms with Crippen LogP contribution in [0.25, 0.3) is 10.8 Å². The lowest BCUT2D eigenvalue weighted by Crippen LogP contribution is -2.21. The molecule has 0 heterocycles. The number of amides is 1. The number of carbonyl (C=O) groups is 1. The molecule has 0 bridgehead atoms. The lowest BCUT2D eigenvalue weighted by molar-refractivity contribution is -0.122. The van der Waals surface area contributed by atoms with Crippen molar-refractivity contribution in [2.75, 3.05) is 0 Å². The van der Waals surface area contributed by atoms with Gasteiger partial charge in [0.1, 0.15) is 0 Å². The SMILES string of the molecule is C/C(=N\NC(=O)C1CC1c1ccccc1)c1ccc2ccccc2c1. The summed E-state index contributed by atoms with van der Waals surface area (Å²) in [6.07, 6.45) is 0.903. The molecule has 2 unspecified atom stereocenters. The Hall–Kier alpha value is -2.94. The van der Waals surface area contributed by atoms with E-state index in [9.17, 15) is 4.79 Å². The Morgan fingerprint density at radius 1 is 0.960 bits per heavy atom. The highest BCUT2D eigenvalue weighted by atomic mass is 16.2. The molecule has 2 atom stereocenters. The molecular formula is C22H20N2O. The van der Waals surface area contributed by atoms with Gasteiger partial charge >= 0.3 is 0 Å². The minimum atomic E-state index is 0.00833. The van der Waals surface area contributed by atoms with Gasteiger partial charge in [0.2, 0.25) is 5.91 Å². The van der Waals surface area contributed by atoms with E-state index in [2.05, 4.69) is 46.9 Å². The second kappa shape index (κ2) is 6.52. The zero-order valence-electron chi connectivity index (χ0n) is 14.1. The van der Waals surface area contributed by atoms with E-state index < -0.39 is 0 Å². The highest BCUT2D eigenvalue weighted by Crippen LogP contribution is 2.47. The number of benzene rings is 3. The Morgan fingerprint density at radius 3 is 2.48 bits per heavy atom. The quantitative estimate of drug-likeness (QED) is 0.557. The number of hydrazone groups is 1. The molecule has 1 fully saturated rings. The maximum Gasteiger partial charge on any atom is 0.243 e. The molecule has 0 radical (unpaired) electrons. The van der Waals surface area contributed by atoms with Gasteiger partial charge in [0.25, 0.3) is 0 Å². The summed E-state index contributed by atoms with van der Waals surface area (Å²) in [5, 5.41) is 6.68. The summed E-state index contributed by atoms with van der Waals surface area (Å²) in [6.45, 7) is 1.92. The third kappa shape index (κ3) is 3.31. The van der Waals surface area contributed by atoms with Crippen LogP contribution in [0.1, 0.15) is 30.4 Å². The van der Waals surface area contributed by atoms with Crippen LogP contribution in [-0.4, -0.2) is 11.6 Å². The molecule has 3 aromatic carbocycles. The standard InChI is InChI=1S/C22H20N2O/c1-15(18-12-11-16-7-5-6-10-19(16)13-18)23-24-22(25)21-14-20(21)17-8-3-2-4-9-17/h2-13,20-21H,14H2,1H3,(H,24,25)/b23-15+. The number of hydrogen-bond donors (Lipinski definition) is 1. The first-order valence-electron chi connectivity index (χ1n) is 8.60. The number of hydrogen-bond acceptors (Lipinski definition) is 2. The fourth-order valence-corrected chi connectivity index (χ4v) is 3.25.